The zero-order valence-electron chi connectivity index (χ0n) is 14.6. The molecule has 4 rings (SSSR count). The third-order valence-corrected chi connectivity index (χ3v) is 4.65. The lowest BCUT2D eigenvalue weighted by molar-refractivity contribution is 0.0779. The summed E-state index contributed by atoms with van der Waals surface area (Å²) in [5.41, 5.74) is 2.06. The van der Waals surface area contributed by atoms with Gasteiger partial charge in [0, 0.05) is 18.1 Å². The second-order valence-electron chi connectivity index (χ2n) is 6.17. The summed E-state index contributed by atoms with van der Waals surface area (Å²) in [5, 5.41) is 8.07. The molecule has 0 radical (unpaired) electrons. The molecule has 1 amide bonds. The molecule has 0 fully saturated rings. The van der Waals surface area contributed by atoms with Crippen LogP contribution in [0.15, 0.2) is 53.1 Å². The number of carbonyl (C=O) groups excluding carboxylic acids is 1. The Bertz CT molecular complexity index is 989. The lowest BCUT2D eigenvalue weighted by Crippen LogP contribution is -2.26. The van der Waals surface area contributed by atoms with Gasteiger partial charge in [-0.25, -0.2) is 4.68 Å². The first-order chi connectivity index (χ1) is 13.1. The molecule has 0 spiro atoms. The maximum atomic E-state index is 12.7. The number of rotatable bonds is 4. The van der Waals surface area contributed by atoms with Crippen LogP contribution in [0.5, 0.6) is 11.5 Å². The van der Waals surface area contributed by atoms with Gasteiger partial charge in [-0.2, -0.15) is 0 Å². The standard InChI is InChI=1S/C19H17BrN4O3/c1-23(11-13-5-6-17-18(9-13)27-8-7-26-17)19(25)16-12-24(22-21-16)15-4-2-3-14(20)10-15/h2-6,9-10,12H,7-8,11H2,1H3. The van der Waals surface area contributed by atoms with E-state index in [2.05, 4.69) is 26.2 Å². The van der Waals surface area contributed by atoms with Crippen molar-refractivity contribution in [3.8, 4) is 17.2 Å². The van der Waals surface area contributed by atoms with Gasteiger partial charge in [0.25, 0.3) is 5.91 Å². The van der Waals surface area contributed by atoms with Gasteiger partial charge < -0.3 is 14.4 Å². The molecule has 1 aliphatic rings. The van der Waals surface area contributed by atoms with Crippen LogP contribution in [-0.4, -0.2) is 46.1 Å². The quantitative estimate of drug-likeness (QED) is 0.638. The van der Waals surface area contributed by atoms with Gasteiger partial charge >= 0.3 is 0 Å². The Morgan fingerprint density at radius 2 is 2.00 bits per heavy atom. The van der Waals surface area contributed by atoms with Crippen LogP contribution in [0.3, 0.4) is 0 Å². The highest BCUT2D eigenvalue weighted by molar-refractivity contribution is 9.10. The van der Waals surface area contributed by atoms with Crippen LogP contribution in [0, 0.1) is 0 Å². The molecular formula is C19H17BrN4O3. The van der Waals surface area contributed by atoms with Crippen molar-refractivity contribution in [2.45, 2.75) is 6.54 Å². The van der Waals surface area contributed by atoms with Gasteiger partial charge in [-0.1, -0.05) is 33.3 Å². The van der Waals surface area contributed by atoms with E-state index >= 15 is 0 Å². The lowest BCUT2D eigenvalue weighted by atomic mass is 10.2. The van der Waals surface area contributed by atoms with E-state index in [1.165, 1.54) is 0 Å². The molecular weight excluding hydrogens is 412 g/mol. The molecule has 0 aliphatic carbocycles. The number of hydrogen-bond acceptors (Lipinski definition) is 5. The van der Waals surface area contributed by atoms with Crippen LogP contribution in [0.1, 0.15) is 16.1 Å². The van der Waals surface area contributed by atoms with E-state index in [1.807, 2.05) is 42.5 Å². The Hall–Kier alpha value is -2.87. The van der Waals surface area contributed by atoms with E-state index < -0.39 is 0 Å². The van der Waals surface area contributed by atoms with Crippen molar-refractivity contribution in [3.05, 3.63) is 64.4 Å². The van der Waals surface area contributed by atoms with Crippen LogP contribution in [-0.2, 0) is 6.54 Å². The molecule has 7 nitrogen and oxygen atoms in total. The molecule has 1 aliphatic heterocycles. The molecule has 0 saturated heterocycles. The molecule has 3 aromatic rings. The van der Waals surface area contributed by atoms with Crippen molar-refractivity contribution in [1.82, 2.24) is 19.9 Å². The van der Waals surface area contributed by atoms with Crippen molar-refractivity contribution in [2.75, 3.05) is 20.3 Å². The Kier molecular flexibility index (Phi) is 4.81. The normalized spacial score (nSPS) is 12.7. The number of ether oxygens (including phenoxy) is 2. The SMILES string of the molecule is CN(Cc1ccc2c(c1)OCCO2)C(=O)c1cn(-c2cccc(Br)c2)nn1. The van der Waals surface area contributed by atoms with Crippen LogP contribution in [0.25, 0.3) is 5.69 Å². The fourth-order valence-electron chi connectivity index (χ4n) is 2.83. The van der Waals surface area contributed by atoms with Gasteiger partial charge in [-0.15, -0.1) is 5.10 Å². The zero-order valence-corrected chi connectivity index (χ0v) is 16.2. The first kappa shape index (κ1) is 17.5. The van der Waals surface area contributed by atoms with Crippen LogP contribution in [0.2, 0.25) is 0 Å². The van der Waals surface area contributed by atoms with Crippen molar-refractivity contribution < 1.29 is 14.3 Å². The second kappa shape index (κ2) is 7.40. The lowest BCUT2D eigenvalue weighted by Gasteiger charge is -2.20. The van der Waals surface area contributed by atoms with Gasteiger partial charge in [0.2, 0.25) is 0 Å². The fourth-order valence-corrected chi connectivity index (χ4v) is 3.22. The van der Waals surface area contributed by atoms with Crippen molar-refractivity contribution in [2.24, 2.45) is 0 Å². The number of amides is 1. The topological polar surface area (TPSA) is 69.5 Å². The number of nitrogens with zero attached hydrogens (tertiary/aromatic N) is 4. The number of benzene rings is 2. The first-order valence-electron chi connectivity index (χ1n) is 8.42. The van der Waals surface area contributed by atoms with Crippen LogP contribution in [0.4, 0.5) is 0 Å². The molecule has 2 aromatic carbocycles. The van der Waals surface area contributed by atoms with Gasteiger partial charge in [-0.05, 0) is 35.9 Å². The maximum absolute atomic E-state index is 12.7. The molecule has 1 aromatic heterocycles. The summed E-state index contributed by atoms with van der Waals surface area (Å²) in [4.78, 5) is 14.3. The third kappa shape index (κ3) is 3.80. The summed E-state index contributed by atoms with van der Waals surface area (Å²) in [5.74, 6) is 1.24. The highest BCUT2D eigenvalue weighted by Gasteiger charge is 2.18. The number of hydrogen-bond donors (Lipinski definition) is 0. The van der Waals surface area contributed by atoms with E-state index in [0.29, 0.717) is 25.5 Å². The third-order valence-electron chi connectivity index (χ3n) is 4.16. The summed E-state index contributed by atoms with van der Waals surface area (Å²) < 4.78 is 13.6. The van der Waals surface area contributed by atoms with E-state index in [-0.39, 0.29) is 11.6 Å². The minimum atomic E-state index is -0.203. The summed E-state index contributed by atoms with van der Waals surface area (Å²) in [7, 11) is 1.73. The Morgan fingerprint density at radius 1 is 1.19 bits per heavy atom. The van der Waals surface area contributed by atoms with Crippen molar-refractivity contribution >= 4 is 21.8 Å². The molecule has 0 N–H and O–H groups in total. The van der Waals surface area contributed by atoms with Crippen LogP contribution >= 0.6 is 15.9 Å². The molecule has 0 bridgehead atoms. The Morgan fingerprint density at radius 3 is 2.81 bits per heavy atom. The van der Waals surface area contributed by atoms with E-state index in [0.717, 1.165) is 21.5 Å². The minimum absolute atomic E-state index is 0.203. The molecule has 0 saturated carbocycles. The minimum Gasteiger partial charge on any atom is -0.486 e. The van der Waals surface area contributed by atoms with Gasteiger partial charge in [0.15, 0.2) is 17.2 Å². The van der Waals surface area contributed by atoms with E-state index in [1.54, 1.807) is 22.8 Å². The average molecular weight is 429 g/mol. The Balaban J connectivity index is 1.48. The van der Waals surface area contributed by atoms with Gasteiger partial charge in [0.05, 0.1) is 11.9 Å². The second-order valence-corrected chi connectivity index (χ2v) is 7.08. The highest BCUT2D eigenvalue weighted by Crippen LogP contribution is 2.31. The Labute approximate surface area is 164 Å². The zero-order chi connectivity index (χ0) is 18.8. The molecule has 0 atom stereocenters. The monoisotopic (exact) mass is 428 g/mol. The average Bonchev–Trinajstić information content (AvgIpc) is 3.17. The number of carbonyl (C=O) groups is 1. The molecule has 8 heteroatoms. The maximum Gasteiger partial charge on any atom is 0.276 e. The molecule has 138 valence electrons. The summed E-state index contributed by atoms with van der Waals surface area (Å²) in [6.45, 7) is 1.52. The fraction of sp³-hybridized carbons (Fsp3) is 0.211. The largest absolute Gasteiger partial charge is 0.486 e. The van der Waals surface area contributed by atoms with Crippen molar-refractivity contribution in [1.29, 1.82) is 0 Å². The smallest absolute Gasteiger partial charge is 0.276 e. The summed E-state index contributed by atoms with van der Waals surface area (Å²) >= 11 is 3.43. The predicted molar refractivity (Wildman–Crippen MR) is 102 cm³/mol. The molecule has 2 heterocycles. The first-order valence-corrected chi connectivity index (χ1v) is 9.22. The van der Waals surface area contributed by atoms with Gasteiger partial charge in [-0.3, -0.25) is 4.79 Å². The number of aromatic nitrogens is 3. The van der Waals surface area contributed by atoms with E-state index in [9.17, 15) is 4.79 Å². The highest BCUT2D eigenvalue weighted by atomic mass is 79.9. The number of fused-ring (bicyclic) bond motifs is 1. The van der Waals surface area contributed by atoms with Crippen molar-refractivity contribution in [3.63, 3.8) is 0 Å². The summed E-state index contributed by atoms with van der Waals surface area (Å²) in [6, 6.07) is 13.3. The molecule has 0 unspecified atom stereocenters. The summed E-state index contributed by atoms with van der Waals surface area (Å²) in [6.07, 6.45) is 1.63. The number of halogens is 1. The van der Waals surface area contributed by atoms with E-state index in [4.69, 9.17) is 9.47 Å². The molecule has 27 heavy (non-hydrogen) atoms. The predicted octanol–water partition coefficient (Wildman–Crippen LogP) is 3.07. The van der Waals surface area contributed by atoms with Gasteiger partial charge in [0.1, 0.15) is 13.2 Å². The van der Waals surface area contributed by atoms with Crippen LogP contribution < -0.4 is 9.47 Å².